The van der Waals surface area contributed by atoms with E-state index in [4.69, 9.17) is 0 Å². The van der Waals surface area contributed by atoms with Gasteiger partial charge in [0.25, 0.3) is 0 Å². The Morgan fingerprint density at radius 2 is 1.65 bits per heavy atom. The van der Waals surface area contributed by atoms with Gasteiger partial charge in [-0.3, -0.25) is 4.31 Å². The molecule has 2 saturated heterocycles. The lowest BCUT2D eigenvalue weighted by Gasteiger charge is -2.33. The van der Waals surface area contributed by atoms with Crippen LogP contribution in [-0.4, -0.2) is 54.5 Å². The van der Waals surface area contributed by atoms with E-state index in [0.29, 0.717) is 6.04 Å². The van der Waals surface area contributed by atoms with Crippen LogP contribution in [-0.2, 0) is 0 Å². The number of piperidine rings is 1. The van der Waals surface area contributed by atoms with Crippen molar-refractivity contribution in [1.82, 2.24) is 14.5 Å². The average molecular weight is 257 g/mol. The Hall–Kier alpha value is 0.230. The minimum Gasteiger partial charge on any atom is -0.311 e. The lowest BCUT2D eigenvalue weighted by Crippen LogP contribution is -2.46. The van der Waals surface area contributed by atoms with Crippen LogP contribution >= 0.6 is 12.8 Å². The van der Waals surface area contributed by atoms with Gasteiger partial charge in [-0.2, -0.15) is 0 Å². The summed E-state index contributed by atoms with van der Waals surface area (Å²) in [4.78, 5) is 2.47. The minimum absolute atomic E-state index is 0.717. The Balaban J connectivity index is 1.80. The van der Waals surface area contributed by atoms with E-state index in [0.717, 1.165) is 25.0 Å². The van der Waals surface area contributed by atoms with E-state index < -0.39 is 0 Å². The molecule has 0 bridgehead atoms. The van der Waals surface area contributed by atoms with E-state index in [2.05, 4.69) is 41.3 Å². The highest BCUT2D eigenvalue weighted by atomic mass is 32.1. The molecule has 0 spiro atoms. The van der Waals surface area contributed by atoms with Gasteiger partial charge in [0, 0.05) is 25.2 Å². The molecular formula is C13H27N3S. The molecule has 2 unspecified atom stereocenters. The molecule has 3 nitrogen and oxygen atoms in total. The quantitative estimate of drug-likeness (QED) is 0.733. The average Bonchev–Trinajstić information content (AvgIpc) is 2.47. The van der Waals surface area contributed by atoms with E-state index in [-0.39, 0.29) is 0 Å². The highest BCUT2D eigenvalue weighted by molar-refractivity contribution is 7.77. The topological polar surface area (TPSA) is 18.5 Å². The lowest BCUT2D eigenvalue weighted by molar-refractivity contribution is 0.256. The molecule has 2 fully saturated rings. The molecular weight excluding hydrogens is 230 g/mol. The molecule has 2 rings (SSSR count). The Bertz CT molecular complexity index is 229. The predicted octanol–water partition coefficient (Wildman–Crippen LogP) is 1.62. The Morgan fingerprint density at radius 1 is 1.00 bits per heavy atom. The summed E-state index contributed by atoms with van der Waals surface area (Å²) >= 11 is 4.41. The number of nitrogens with one attached hydrogen (secondary N) is 1. The van der Waals surface area contributed by atoms with Crippen molar-refractivity contribution in [3.8, 4) is 0 Å². The van der Waals surface area contributed by atoms with Gasteiger partial charge in [-0.05, 0) is 51.7 Å². The molecule has 4 heteroatoms. The summed E-state index contributed by atoms with van der Waals surface area (Å²) in [6.45, 7) is 7.16. The molecule has 0 aromatic carbocycles. The first-order valence-corrected chi connectivity index (χ1v) is 7.43. The maximum Gasteiger partial charge on any atom is 0.0108 e. The molecule has 2 atom stereocenters. The lowest BCUT2D eigenvalue weighted by atomic mass is 9.94. The van der Waals surface area contributed by atoms with Crippen molar-refractivity contribution in [3.63, 3.8) is 0 Å². The fourth-order valence-electron chi connectivity index (χ4n) is 2.96. The van der Waals surface area contributed by atoms with Crippen LogP contribution in [0.4, 0.5) is 0 Å². The predicted molar refractivity (Wildman–Crippen MR) is 76.4 cm³/mol. The molecule has 1 N–H and O–H groups in total. The summed E-state index contributed by atoms with van der Waals surface area (Å²) < 4.78 is 2.14. The zero-order valence-corrected chi connectivity index (χ0v) is 12.1. The maximum atomic E-state index is 4.41. The Kier molecular flexibility index (Phi) is 5.15. The van der Waals surface area contributed by atoms with Gasteiger partial charge in [-0.1, -0.05) is 19.7 Å². The molecule has 2 aliphatic heterocycles. The van der Waals surface area contributed by atoms with Crippen LogP contribution in [0.15, 0.2) is 0 Å². The van der Waals surface area contributed by atoms with E-state index >= 15 is 0 Å². The number of hydrogen-bond donors (Lipinski definition) is 2. The normalized spacial score (nSPS) is 34.8. The summed E-state index contributed by atoms with van der Waals surface area (Å²) in [5, 5.41) is 3.90. The SMILES string of the molecule is CC1CCN(C)CCC1NC1CCN(S)CC1. The standard InChI is InChI=1S/C13H27N3S/c1-11-3-7-15(2)8-6-13(11)14-12-4-9-16(17)10-5-12/h11-14,17H,3-10H2,1-2H3. The van der Waals surface area contributed by atoms with Crippen LogP contribution in [0.1, 0.15) is 32.6 Å². The molecule has 0 radical (unpaired) electrons. The summed E-state index contributed by atoms with van der Waals surface area (Å²) in [5.74, 6) is 0.814. The van der Waals surface area contributed by atoms with Gasteiger partial charge in [-0.25, -0.2) is 0 Å². The maximum absolute atomic E-state index is 4.41. The van der Waals surface area contributed by atoms with E-state index in [1.807, 2.05) is 0 Å². The number of rotatable bonds is 2. The van der Waals surface area contributed by atoms with Crippen LogP contribution in [0.5, 0.6) is 0 Å². The van der Waals surface area contributed by atoms with E-state index in [9.17, 15) is 0 Å². The summed E-state index contributed by atoms with van der Waals surface area (Å²) in [5.41, 5.74) is 0. The molecule has 17 heavy (non-hydrogen) atoms. The van der Waals surface area contributed by atoms with E-state index in [1.165, 1.54) is 38.8 Å². The van der Waals surface area contributed by atoms with E-state index in [1.54, 1.807) is 0 Å². The summed E-state index contributed by atoms with van der Waals surface area (Å²) in [6, 6.07) is 1.44. The van der Waals surface area contributed by atoms with Crippen LogP contribution in [0.25, 0.3) is 0 Å². The van der Waals surface area contributed by atoms with Crippen molar-refractivity contribution >= 4 is 12.8 Å². The minimum atomic E-state index is 0.717. The van der Waals surface area contributed by atoms with Crippen LogP contribution < -0.4 is 5.32 Å². The fourth-order valence-corrected chi connectivity index (χ4v) is 3.19. The number of thiol groups is 1. The first kappa shape index (κ1) is 13.7. The third kappa shape index (κ3) is 4.12. The third-order valence-electron chi connectivity index (χ3n) is 4.40. The van der Waals surface area contributed by atoms with Gasteiger partial charge in [0.2, 0.25) is 0 Å². The van der Waals surface area contributed by atoms with Gasteiger partial charge in [0.15, 0.2) is 0 Å². The highest BCUT2D eigenvalue weighted by Crippen LogP contribution is 2.20. The number of likely N-dealkylation sites (tertiary alicyclic amines) is 1. The molecule has 2 aliphatic rings. The van der Waals surface area contributed by atoms with Crippen molar-refractivity contribution in [2.24, 2.45) is 5.92 Å². The van der Waals surface area contributed by atoms with Gasteiger partial charge in [-0.15, -0.1) is 0 Å². The molecule has 100 valence electrons. The molecule has 0 aromatic heterocycles. The Labute approximate surface area is 111 Å². The zero-order valence-electron chi connectivity index (χ0n) is 11.2. The molecule has 0 amide bonds. The van der Waals surface area contributed by atoms with Gasteiger partial charge < -0.3 is 10.2 Å². The van der Waals surface area contributed by atoms with Crippen LogP contribution in [0, 0.1) is 5.92 Å². The first-order valence-electron chi connectivity index (χ1n) is 7.03. The smallest absolute Gasteiger partial charge is 0.0108 e. The summed E-state index contributed by atoms with van der Waals surface area (Å²) in [7, 11) is 2.24. The fraction of sp³-hybridized carbons (Fsp3) is 1.00. The molecule has 2 heterocycles. The zero-order chi connectivity index (χ0) is 12.3. The van der Waals surface area contributed by atoms with Crippen molar-refractivity contribution in [2.45, 2.75) is 44.7 Å². The van der Waals surface area contributed by atoms with Gasteiger partial charge >= 0.3 is 0 Å². The number of hydrogen-bond acceptors (Lipinski definition) is 4. The van der Waals surface area contributed by atoms with Crippen molar-refractivity contribution in [2.75, 3.05) is 33.2 Å². The number of nitrogens with zero attached hydrogens (tertiary/aromatic N) is 2. The van der Waals surface area contributed by atoms with Crippen molar-refractivity contribution < 1.29 is 0 Å². The second-order valence-electron chi connectivity index (χ2n) is 5.86. The molecule has 0 aliphatic carbocycles. The Morgan fingerprint density at radius 3 is 2.35 bits per heavy atom. The highest BCUT2D eigenvalue weighted by Gasteiger charge is 2.25. The van der Waals surface area contributed by atoms with Crippen molar-refractivity contribution in [1.29, 1.82) is 0 Å². The monoisotopic (exact) mass is 257 g/mol. The molecule has 0 saturated carbocycles. The van der Waals surface area contributed by atoms with Crippen LogP contribution in [0.2, 0.25) is 0 Å². The van der Waals surface area contributed by atoms with Crippen LogP contribution in [0.3, 0.4) is 0 Å². The third-order valence-corrected chi connectivity index (χ3v) is 4.80. The molecule has 0 aromatic rings. The second-order valence-corrected chi connectivity index (χ2v) is 6.42. The van der Waals surface area contributed by atoms with Gasteiger partial charge in [0.1, 0.15) is 0 Å². The second kappa shape index (κ2) is 6.41. The first-order chi connectivity index (χ1) is 8.15. The van der Waals surface area contributed by atoms with Gasteiger partial charge in [0.05, 0.1) is 0 Å². The summed E-state index contributed by atoms with van der Waals surface area (Å²) in [6.07, 6.45) is 5.14. The van der Waals surface area contributed by atoms with Crippen molar-refractivity contribution in [3.05, 3.63) is 0 Å². The largest absolute Gasteiger partial charge is 0.311 e.